The zero-order valence-corrected chi connectivity index (χ0v) is 19.2. The standard InChI is InChI=1S/C27H21ClN2O5/c1-2-7-23(26(32)33)29-25(31)16-12-13-22(28)24(14-16)30-27(34)35-15-21-19-10-5-3-8-17(19)18-9-4-6-11-20(18)21/h1,3-6,8-14,21,23H,7,15H2,(H,29,31)(H,30,34)(H,32,33). The Bertz CT molecular complexity index is 1300. The maximum Gasteiger partial charge on any atom is 0.411 e. The fourth-order valence-electron chi connectivity index (χ4n) is 4.07. The predicted molar refractivity (Wildman–Crippen MR) is 132 cm³/mol. The molecule has 7 nitrogen and oxygen atoms in total. The Morgan fingerprint density at radius 2 is 1.66 bits per heavy atom. The first-order valence-corrected chi connectivity index (χ1v) is 11.2. The van der Waals surface area contributed by atoms with Crippen LogP contribution in [0.15, 0.2) is 66.7 Å². The van der Waals surface area contributed by atoms with Gasteiger partial charge in [-0.05, 0) is 40.5 Å². The van der Waals surface area contributed by atoms with Crippen LogP contribution in [-0.2, 0) is 9.53 Å². The van der Waals surface area contributed by atoms with Crippen LogP contribution in [0.3, 0.4) is 0 Å². The third kappa shape index (κ3) is 5.13. The molecule has 176 valence electrons. The first kappa shape index (κ1) is 23.9. The van der Waals surface area contributed by atoms with Crippen molar-refractivity contribution >= 4 is 35.3 Å². The Balaban J connectivity index is 1.44. The van der Waals surface area contributed by atoms with E-state index in [1.165, 1.54) is 18.2 Å². The number of ether oxygens (including phenoxy) is 1. The lowest BCUT2D eigenvalue weighted by atomic mass is 9.98. The van der Waals surface area contributed by atoms with Gasteiger partial charge in [0.15, 0.2) is 0 Å². The number of halogens is 1. The molecule has 35 heavy (non-hydrogen) atoms. The van der Waals surface area contributed by atoms with Crippen LogP contribution in [0.1, 0.15) is 33.8 Å². The number of nitrogens with one attached hydrogen (secondary N) is 2. The number of carbonyl (C=O) groups is 3. The number of amides is 2. The van der Waals surface area contributed by atoms with Gasteiger partial charge in [0.1, 0.15) is 12.6 Å². The van der Waals surface area contributed by atoms with Crippen LogP contribution in [0.2, 0.25) is 5.02 Å². The summed E-state index contributed by atoms with van der Waals surface area (Å²) in [5, 5.41) is 14.3. The van der Waals surface area contributed by atoms with Gasteiger partial charge in [0.25, 0.3) is 5.91 Å². The Hall–Kier alpha value is -4.28. The number of fused-ring (bicyclic) bond motifs is 3. The number of anilines is 1. The van der Waals surface area contributed by atoms with Crippen molar-refractivity contribution < 1.29 is 24.2 Å². The Labute approximate surface area is 207 Å². The van der Waals surface area contributed by atoms with Crippen LogP contribution in [0.25, 0.3) is 11.1 Å². The topological polar surface area (TPSA) is 105 Å². The second kappa shape index (κ2) is 10.3. The highest BCUT2D eigenvalue weighted by Crippen LogP contribution is 2.44. The quantitative estimate of drug-likeness (QED) is 0.410. The van der Waals surface area contributed by atoms with Crippen LogP contribution in [0.5, 0.6) is 0 Å². The molecule has 8 heteroatoms. The molecule has 0 fully saturated rings. The van der Waals surface area contributed by atoms with Gasteiger partial charge < -0.3 is 15.2 Å². The minimum absolute atomic E-state index is 0.103. The lowest BCUT2D eigenvalue weighted by Gasteiger charge is -2.16. The average molecular weight is 489 g/mol. The first-order valence-electron chi connectivity index (χ1n) is 10.8. The lowest BCUT2D eigenvalue weighted by molar-refractivity contribution is -0.139. The highest BCUT2D eigenvalue weighted by molar-refractivity contribution is 6.33. The SMILES string of the molecule is C#CCC(NC(=O)c1ccc(Cl)c(NC(=O)OCC2c3ccccc3-c3ccccc32)c1)C(=O)O. The van der Waals surface area contributed by atoms with E-state index in [2.05, 4.69) is 16.6 Å². The molecular formula is C27H21ClN2O5. The number of carboxylic acid groups (broad SMARTS) is 1. The summed E-state index contributed by atoms with van der Waals surface area (Å²) in [6, 6.07) is 18.9. The van der Waals surface area contributed by atoms with Crippen LogP contribution in [0, 0.1) is 12.3 Å². The number of hydrogen-bond donors (Lipinski definition) is 3. The molecule has 0 spiro atoms. The van der Waals surface area contributed by atoms with Gasteiger partial charge in [-0.15, -0.1) is 12.3 Å². The van der Waals surface area contributed by atoms with Gasteiger partial charge in [0.2, 0.25) is 0 Å². The number of carboxylic acids is 1. The zero-order chi connectivity index (χ0) is 24.9. The summed E-state index contributed by atoms with van der Waals surface area (Å²) in [4.78, 5) is 36.3. The summed E-state index contributed by atoms with van der Waals surface area (Å²) in [7, 11) is 0. The third-order valence-corrected chi connectivity index (χ3v) is 6.06. The van der Waals surface area contributed by atoms with Crippen molar-refractivity contribution in [3.63, 3.8) is 0 Å². The molecule has 0 bridgehead atoms. The fourth-order valence-corrected chi connectivity index (χ4v) is 4.23. The molecule has 4 rings (SSSR count). The van der Waals surface area contributed by atoms with Crippen molar-refractivity contribution in [1.82, 2.24) is 5.32 Å². The third-order valence-electron chi connectivity index (χ3n) is 5.73. The van der Waals surface area contributed by atoms with Crippen LogP contribution in [-0.4, -0.2) is 35.7 Å². The van der Waals surface area contributed by atoms with E-state index in [9.17, 15) is 19.5 Å². The second-order valence-electron chi connectivity index (χ2n) is 7.92. The highest BCUT2D eigenvalue weighted by Gasteiger charge is 2.29. The molecule has 3 aromatic carbocycles. The smallest absolute Gasteiger partial charge is 0.411 e. The van der Waals surface area contributed by atoms with Gasteiger partial charge in [-0.1, -0.05) is 60.1 Å². The molecule has 0 heterocycles. The molecule has 3 N–H and O–H groups in total. The van der Waals surface area contributed by atoms with E-state index in [4.69, 9.17) is 22.8 Å². The highest BCUT2D eigenvalue weighted by atomic mass is 35.5. The maximum atomic E-state index is 12.6. The van der Waals surface area contributed by atoms with E-state index in [-0.39, 0.29) is 35.2 Å². The van der Waals surface area contributed by atoms with E-state index in [0.29, 0.717) is 0 Å². The molecule has 0 saturated carbocycles. The molecule has 1 aliphatic carbocycles. The molecule has 1 atom stereocenters. The minimum Gasteiger partial charge on any atom is -0.480 e. The van der Waals surface area contributed by atoms with Crippen molar-refractivity contribution in [2.75, 3.05) is 11.9 Å². The summed E-state index contributed by atoms with van der Waals surface area (Å²) < 4.78 is 5.52. The van der Waals surface area contributed by atoms with Crippen LogP contribution in [0.4, 0.5) is 10.5 Å². The van der Waals surface area contributed by atoms with Crippen molar-refractivity contribution in [1.29, 1.82) is 0 Å². The van der Waals surface area contributed by atoms with E-state index in [1.807, 2.05) is 48.5 Å². The number of carbonyl (C=O) groups excluding carboxylic acids is 2. The molecule has 0 radical (unpaired) electrons. The largest absolute Gasteiger partial charge is 0.480 e. The fraction of sp³-hybridized carbons (Fsp3) is 0.148. The Morgan fingerprint density at radius 3 is 2.26 bits per heavy atom. The summed E-state index contributed by atoms with van der Waals surface area (Å²) in [5.41, 5.74) is 4.65. The Kier molecular flexibility index (Phi) is 7.04. The average Bonchev–Trinajstić information content (AvgIpc) is 3.17. The predicted octanol–water partition coefficient (Wildman–Crippen LogP) is 4.91. The van der Waals surface area contributed by atoms with Gasteiger partial charge >= 0.3 is 12.1 Å². The van der Waals surface area contributed by atoms with E-state index in [1.54, 1.807) is 0 Å². The van der Waals surface area contributed by atoms with E-state index in [0.717, 1.165) is 22.3 Å². The summed E-state index contributed by atoms with van der Waals surface area (Å²) in [6.07, 6.45) is 4.26. The molecule has 0 aromatic heterocycles. The maximum absolute atomic E-state index is 12.6. The number of terminal acetylenes is 1. The molecule has 0 saturated heterocycles. The molecule has 3 aromatic rings. The van der Waals surface area contributed by atoms with Crippen LogP contribution >= 0.6 is 11.6 Å². The molecule has 0 aliphatic heterocycles. The zero-order valence-electron chi connectivity index (χ0n) is 18.5. The van der Waals surface area contributed by atoms with Gasteiger partial charge in [0, 0.05) is 17.9 Å². The molecule has 1 aliphatic rings. The number of hydrogen-bond acceptors (Lipinski definition) is 4. The normalized spacial score (nSPS) is 12.6. The molecular weight excluding hydrogens is 468 g/mol. The molecule has 1 unspecified atom stereocenters. The minimum atomic E-state index is -1.25. The molecule has 2 amide bonds. The summed E-state index contributed by atoms with van der Waals surface area (Å²) in [5.74, 6) is 0.191. The van der Waals surface area contributed by atoms with E-state index < -0.39 is 24.0 Å². The summed E-state index contributed by atoms with van der Waals surface area (Å²) >= 11 is 6.19. The number of benzene rings is 3. The van der Waals surface area contributed by atoms with Crippen molar-refractivity contribution in [3.05, 3.63) is 88.4 Å². The van der Waals surface area contributed by atoms with Crippen molar-refractivity contribution in [2.45, 2.75) is 18.4 Å². The van der Waals surface area contributed by atoms with E-state index >= 15 is 0 Å². The van der Waals surface area contributed by atoms with Gasteiger partial charge in [-0.25, -0.2) is 9.59 Å². The van der Waals surface area contributed by atoms with Gasteiger partial charge in [-0.3, -0.25) is 10.1 Å². The van der Waals surface area contributed by atoms with Gasteiger partial charge in [0.05, 0.1) is 10.7 Å². The number of aliphatic carboxylic acids is 1. The number of rotatable bonds is 7. The Morgan fingerprint density at radius 1 is 1.03 bits per heavy atom. The lowest BCUT2D eigenvalue weighted by Crippen LogP contribution is -2.40. The second-order valence-corrected chi connectivity index (χ2v) is 8.32. The first-order chi connectivity index (χ1) is 16.9. The van der Waals surface area contributed by atoms with Crippen molar-refractivity contribution in [2.24, 2.45) is 0 Å². The van der Waals surface area contributed by atoms with Gasteiger partial charge in [-0.2, -0.15) is 0 Å². The summed E-state index contributed by atoms with van der Waals surface area (Å²) in [6.45, 7) is 0.115. The monoisotopic (exact) mass is 488 g/mol. The van der Waals surface area contributed by atoms with Crippen molar-refractivity contribution in [3.8, 4) is 23.5 Å². The van der Waals surface area contributed by atoms with Crippen LogP contribution < -0.4 is 10.6 Å².